The highest BCUT2D eigenvalue weighted by atomic mass is 16.2. The molecule has 0 radical (unpaired) electrons. The number of nitrogens with zero attached hydrogens (tertiary/aromatic N) is 3. The van der Waals surface area contributed by atoms with E-state index < -0.39 is 0 Å². The number of carbonyl (C=O) groups is 2. The molecule has 128 valence electrons. The normalized spacial score (nSPS) is 15.5. The molecule has 24 heavy (non-hydrogen) atoms. The maximum atomic E-state index is 12.7. The molecule has 0 bridgehead atoms. The molecule has 0 atom stereocenters. The number of anilines is 1. The van der Waals surface area contributed by atoms with Crippen LogP contribution in [0.2, 0.25) is 0 Å². The molecule has 2 rings (SSSR count). The van der Waals surface area contributed by atoms with E-state index in [1.54, 1.807) is 31.3 Å². The SMILES string of the molecule is C=CCN1CCCN(C(=O)c2ccc(N(C)C(=O)C=C)cc2)CC1. The van der Waals surface area contributed by atoms with Crippen molar-refractivity contribution in [1.82, 2.24) is 9.80 Å². The van der Waals surface area contributed by atoms with Crippen molar-refractivity contribution >= 4 is 17.5 Å². The van der Waals surface area contributed by atoms with E-state index in [9.17, 15) is 9.59 Å². The molecule has 1 saturated heterocycles. The van der Waals surface area contributed by atoms with Gasteiger partial charge in [0.05, 0.1) is 0 Å². The van der Waals surface area contributed by atoms with Crippen LogP contribution in [0.15, 0.2) is 49.6 Å². The third-order valence-electron chi connectivity index (χ3n) is 4.27. The second kappa shape index (κ2) is 8.45. The Morgan fingerprint density at radius 3 is 2.46 bits per heavy atom. The van der Waals surface area contributed by atoms with E-state index in [2.05, 4.69) is 18.1 Å². The molecule has 0 N–H and O–H groups in total. The van der Waals surface area contributed by atoms with Crippen LogP contribution < -0.4 is 4.90 Å². The molecule has 0 spiro atoms. The zero-order chi connectivity index (χ0) is 17.5. The van der Waals surface area contributed by atoms with Gasteiger partial charge in [0.25, 0.3) is 5.91 Å². The Morgan fingerprint density at radius 1 is 1.12 bits per heavy atom. The van der Waals surface area contributed by atoms with Crippen LogP contribution in [0.3, 0.4) is 0 Å². The second-order valence-electron chi connectivity index (χ2n) is 5.88. The Kier molecular flexibility index (Phi) is 6.32. The smallest absolute Gasteiger partial charge is 0.253 e. The van der Waals surface area contributed by atoms with E-state index >= 15 is 0 Å². The number of carbonyl (C=O) groups excluding carboxylic acids is 2. The zero-order valence-electron chi connectivity index (χ0n) is 14.3. The van der Waals surface area contributed by atoms with Crippen molar-refractivity contribution < 1.29 is 9.59 Å². The van der Waals surface area contributed by atoms with Crippen molar-refractivity contribution in [2.45, 2.75) is 6.42 Å². The fourth-order valence-electron chi connectivity index (χ4n) is 2.81. The maximum absolute atomic E-state index is 12.7. The van der Waals surface area contributed by atoms with Crippen molar-refractivity contribution in [2.24, 2.45) is 0 Å². The minimum atomic E-state index is -0.177. The van der Waals surface area contributed by atoms with Gasteiger partial charge >= 0.3 is 0 Å². The van der Waals surface area contributed by atoms with Crippen LogP contribution in [0.25, 0.3) is 0 Å². The molecule has 5 heteroatoms. The van der Waals surface area contributed by atoms with Gasteiger partial charge in [0.1, 0.15) is 0 Å². The van der Waals surface area contributed by atoms with Crippen molar-refractivity contribution in [1.29, 1.82) is 0 Å². The Hall–Kier alpha value is -2.40. The zero-order valence-corrected chi connectivity index (χ0v) is 14.3. The highest BCUT2D eigenvalue weighted by Crippen LogP contribution is 2.16. The average Bonchev–Trinajstić information content (AvgIpc) is 2.86. The van der Waals surface area contributed by atoms with Crippen LogP contribution in [0.5, 0.6) is 0 Å². The molecule has 2 amide bonds. The summed E-state index contributed by atoms with van der Waals surface area (Å²) in [4.78, 5) is 30.0. The number of rotatable bonds is 5. The van der Waals surface area contributed by atoms with Gasteiger partial charge in [0.15, 0.2) is 0 Å². The van der Waals surface area contributed by atoms with E-state index in [1.165, 1.54) is 11.0 Å². The summed E-state index contributed by atoms with van der Waals surface area (Å²) in [5.41, 5.74) is 1.39. The van der Waals surface area contributed by atoms with Crippen LogP contribution in [-0.4, -0.2) is 61.4 Å². The summed E-state index contributed by atoms with van der Waals surface area (Å²) in [7, 11) is 1.68. The van der Waals surface area contributed by atoms with Crippen LogP contribution >= 0.6 is 0 Å². The molecular weight excluding hydrogens is 302 g/mol. The van der Waals surface area contributed by atoms with Crippen LogP contribution in [0, 0.1) is 0 Å². The first-order valence-corrected chi connectivity index (χ1v) is 8.19. The lowest BCUT2D eigenvalue weighted by Crippen LogP contribution is -2.35. The lowest BCUT2D eigenvalue weighted by molar-refractivity contribution is -0.113. The molecular formula is C19H25N3O2. The molecule has 1 aromatic rings. The van der Waals surface area contributed by atoms with E-state index in [0.717, 1.165) is 44.8 Å². The highest BCUT2D eigenvalue weighted by molar-refractivity contribution is 6.01. The summed E-state index contributed by atoms with van der Waals surface area (Å²) in [6, 6.07) is 7.13. The first kappa shape index (κ1) is 17.9. The number of likely N-dealkylation sites (N-methyl/N-ethyl adjacent to an activating group) is 1. The van der Waals surface area contributed by atoms with Gasteiger partial charge in [-0.15, -0.1) is 6.58 Å². The first-order chi connectivity index (χ1) is 11.6. The largest absolute Gasteiger partial charge is 0.337 e. The molecule has 1 fully saturated rings. The molecule has 1 aromatic carbocycles. The van der Waals surface area contributed by atoms with E-state index in [4.69, 9.17) is 0 Å². The predicted octanol–water partition coefficient (Wildman–Crippen LogP) is 2.17. The summed E-state index contributed by atoms with van der Waals surface area (Å²) >= 11 is 0. The molecule has 0 aliphatic carbocycles. The minimum absolute atomic E-state index is 0.0414. The summed E-state index contributed by atoms with van der Waals surface area (Å²) in [6.07, 6.45) is 4.14. The van der Waals surface area contributed by atoms with Crippen LogP contribution in [0.4, 0.5) is 5.69 Å². The fraction of sp³-hybridized carbons (Fsp3) is 0.368. The van der Waals surface area contributed by atoms with Gasteiger partial charge in [-0.1, -0.05) is 12.7 Å². The lowest BCUT2D eigenvalue weighted by atomic mass is 10.1. The fourth-order valence-corrected chi connectivity index (χ4v) is 2.81. The summed E-state index contributed by atoms with van der Waals surface area (Å²) in [6.45, 7) is 11.5. The molecule has 5 nitrogen and oxygen atoms in total. The maximum Gasteiger partial charge on any atom is 0.253 e. The lowest BCUT2D eigenvalue weighted by Gasteiger charge is -2.22. The molecule has 0 unspecified atom stereocenters. The third kappa shape index (κ3) is 4.32. The molecule has 1 heterocycles. The summed E-state index contributed by atoms with van der Waals surface area (Å²) < 4.78 is 0. The molecule has 0 aromatic heterocycles. The Labute approximate surface area is 143 Å². The standard InChI is InChI=1S/C19H25N3O2/c1-4-11-21-12-6-13-22(15-14-21)19(24)16-7-9-17(10-8-16)20(3)18(23)5-2/h4-5,7-10H,1-2,6,11-15H2,3H3. The Balaban J connectivity index is 2.03. The number of benzene rings is 1. The van der Waals surface area contributed by atoms with E-state index in [0.29, 0.717) is 5.56 Å². The molecule has 1 aliphatic heterocycles. The average molecular weight is 327 g/mol. The Bertz CT molecular complexity index is 610. The Morgan fingerprint density at radius 2 is 1.83 bits per heavy atom. The van der Waals surface area contributed by atoms with Gasteiger partial charge < -0.3 is 9.80 Å². The summed E-state index contributed by atoms with van der Waals surface area (Å²) in [5, 5.41) is 0. The van der Waals surface area contributed by atoms with Crippen LogP contribution in [0.1, 0.15) is 16.8 Å². The van der Waals surface area contributed by atoms with Gasteiger partial charge in [0, 0.05) is 51.0 Å². The quantitative estimate of drug-likeness (QED) is 0.615. The number of hydrogen-bond acceptors (Lipinski definition) is 3. The first-order valence-electron chi connectivity index (χ1n) is 8.19. The van der Waals surface area contributed by atoms with Crippen molar-refractivity contribution in [3.05, 3.63) is 55.1 Å². The second-order valence-corrected chi connectivity index (χ2v) is 5.88. The monoisotopic (exact) mass is 327 g/mol. The van der Waals surface area contributed by atoms with E-state index in [-0.39, 0.29) is 11.8 Å². The topological polar surface area (TPSA) is 43.9 Å². The number of amides is 2. The van der Waals surface area contributed by atoms with Gasteiger partial charge in [-0.3, -0.25) is 14.5 Å². The molecule has 0 saturated carbocycles. The number of hydrogen-bond donors (Lipinski definition) is 0. The van der Waals surface area contributed by atoms with Crippen molar-refractivity contribution in [3.8, 4) is 0 Å². The highest BCUT2D eigenvalue weighted by Gasteiger charge is 2.20. The van der Waals surface area contributed by atoms with Crippen molar-refractivity contribution in [2.75, 3.05) is 44.7 Å². The minimum Gasteiger partial charge on any atom is -0.337 e. The summed E-state index contributed by atoms with van der Waals surface area (Å²) in [5.74, 6) is -0.136. The van der Waals surface area contributed by atoms with Crippen LogP contribution in [-0.2, 0) is 4.79 Å². The van der Waals surface area contributed by atoms with Gasteiger partial charge in [-0.25, -0.2) is 0 Å². The predicted molar refractivity (Wildman–Crippen MR) is 97.2 cm³/mol. The van der Waals surface area contributed by atoms with Gasteiger partial charge in [0.2, 0.25) is 5.91 Å². The van der Waals surface area contributed by atoms with Gasteiger partial charge in [-0.2, -0.15) is 0 Å². The van der Waals surface area contributed by atoms with E-state index in [1.807, 2.05) is 11.0 Å². The van der Waals surface area contributed by atoms with Crippen molar-refractivity contribution in [3.63, 3.8) is 0 Å². The molecule has 1 aliphatic rings. The van der Waals surface area contributed by atoms with Gasteiger partial charge in [-0.05, 0) is 36.8 Å². The third-order valence-corrected chi connectivity index (χ3v) is 4.27.